The summed E-state index contributed by atoms with van der Waals surface area (Å²) >= 11 is 1.53. The van der Waals surface area contributed by atoms with Gasteiger partial charge >= 0.3 is 0 Å². The third-order valence-electron chi connectivity index (χ3n) is 5.36. The molecule has 0 bridgehead atoms. The Morgan fingerprint density at radius 2 is 1.48 bits per heavy atom. The number of nitrogens with one attached hydrogen (secondary N) is 1. The molecule has 4 aromatic rings. The minimum atomic E-state index is -0.260. The Kier molecular flexibility index (Phi) is 6.42. The molecule has 1 amide bonds. The van der Waals surface area contributed by atoms with Gasteiger partial charge in [0.2, 0.25) is 11.8 Å². The second kappa shape index (κ2) is 9.40. The predicted molar refractivity (Wildman–Crippen MR) is 130 cm³/mol. The third kappa shape index (κ3) is 4.52. The molecule has 4 nitrogen and oxygen atoms in total. The first kappa shape index (κ1) is 21.2. The summed E-state index contributed by atoms with van der Waals surface area (Å²) < 4.78 is 1.84. The zero-order valence-electron chi connectivity index (χ0n) is 17.8. The lowest BCUT2D eigenvalue weighted by Crippen LogP contribution is -2.21. The molecule has 0 fully saturated rings. The number of unbranched alkanes of at least 4 members (excludes halogenated alkanes) is 1. The second-order valence-electron chi connectivity index (χ2n) is 7.64. The average Bonchev–Trinajstić information content (AvgIpc) is 3.13. The molecular formula is C26H26N2O2S. The Morgan fingerprint density at radius 1 is 0.903 bits per heavy atom. The van der Waals surface area contributed by atoms with E-state index in [4.69, 9.17) is 0 Å². The van der Waals surface area contributed by atoms with E-state index in [9.17, 15) is 9.59 Å². The molecule has 4 rings (SSSR count). The van der Waals surface area contributed by atoms with E-state index < -0.39 is 0 Å². The van der Waals surface area contributed by atoms with Gasteiger partial charge in [-0.2, -0.15) is 0 Å². The van der Waals surface area contributed by atoms with E-state index in [2.05, 4.69) is 24.4 Å². The Labute approximate surface area is 186 Å². The summed E-state index contributed by atoms with van der Waals surface area (Å²) in [6.07, 6.45) is 2.43. The smallest absolute Gasteiger partial charge is 0.244 e. The van der Waals surface area contributed by atoms with Gasteiger partial charge in [-0.25, -0.2) is 0 Å². The van der Waals surface area contributed by atoms with E-state index >= 15 is 0 Å². The summed E-state index contributed by atoms with van der Waals surface area (Å²) in [6.45, 7) is 4.01. The van der Waals surface area contributed by atoms with Gasteiger partial charge in [0.15, 0.2) is 0 Å². The quantitative estimate of drug-likeness (QED) is 0.330. The van der Waals surface area contributed by atoms with Crippen LogP contribution in [0.1, 0.15) is 37.9 Å². The van der Waals surface area contributed by atoms with Crippen LogP contribution in [0.3, 0.4) is 0 Å². The van der Waals surface area contributed by atoms with Crippen LogP contribution in [0.4, 0.5) is 5.69 Å². The van der Waals surface area contributed by atoms with Gasteiger partial charge in [0, 0.05) is 27.8 Å². The molecule has 0 aliphatic carbocycles. The molecule has 0 aliphatic heterocycles. The van der Waals surface area contributed by atoms with Crippen LogP contribution in [-0.2, 0) is 4.79 Å². The number of thioether (sulfide) groups is 1. The number of hydrogen-bond acceptors (Lipinski definition) is 3. The molecule has 1 N–H and O–H groups in total. The van der Waals surface area contributed by atoms with Crippen LogP contribution in [0.2, 0.25) is 0 Å². The standard InChI is InChI=1S/C26H26N2O2S/c1-3-4-13-25(29)27-19-14-16-20(17-15-19)31-18(2)26(30)28-23-11-7-5-9-21(23)22-10-6-8-12-24(22)28/h5-12,14-18H,3-4,13H2,1-2H3,(H,27,29). The molecule has 0 aliphatic rings. The van der Waals surface area contributed by atoms with Crippen molar-refractivity contribution in [2.75, 3.05) is 5.32 Å². The summed E-state index contributed by atoms with van der Waals surface area (Å²) in [5, 5.41) is 4.84. The molecule has 0 spiro atoms. The number of benzene rings is 3. The molecule has 0 radical (unpaired) electrons. The van der Waals surface area contributed by atoms with Crippen LogP contribution in [0, 0.1) is 0 Å². The molecule has 31 heavy (non-hydrogen) atoms. The number of amides is 1. The SMILES string of the molecule is CCCCC(=O)Nc1ccc(SC(C)C(=O)n2c3ccccc3c3ccccc32)cc1. The number of carbonyl (C=O) groups is 2. The Morgan fingerprint density at radius 3 is 2.06 bits per heavy atom. The lowest BCUT2D eigenvalue weighted by molar-refractivity contribution is -0.116. The molecule has 0 saturated heterocycles. The first-order valence-electron chi connectivity index (χ1n) is 10.7. The fourth-order valence-corrected chi connectivity index (χ4v) is 4.68. The first-order valence-corrected chi connectivity index (χ1v) is 11.6. The minimum absolute atomic E-state index is 0.0390. The highest BCUT2D eigenvalue weighted by molar-refractivity contribution is 8.00. The highest BCUT2D eigenvalue weighted by atomic mass is 32.2. The number of anilines is 1. The monoisotopic (exact) mass is 430 g/mol. The van der Waals surface area contributed by atoms with Crippen molar-refractivity contribution in [1.82, 2.24) is 4.57 Å². The van der Waals surface area contributed by atoms with E-state index in [-0.39, 0.29) is 17.1 Å². The molecule has 1 unspecified atom stereocenters. The van der Waals surface area contributed by atoms with Crippen molar-refractivity contribution < 1.29 is 9.59 Å². The number of fused-ring (bicyclic) bond motifs is 3. The van der Waals surface area contributed by atoms with E-state index in [0.29, 0.717) is 6.42 Å². The van der Waals surface area contributed by atoms with Gasteiger partial charge in [0.25, 0.3) is 0 Å². The molecule has 3 aromatic carbocycles. The summed E-state index contributed by atoms with van der Waals surface area (Å²) in [4.78, 5) is 26.3. The zero-order valence-corrected chi connectivity index (χ0v) is 18.6. The fourth-order valence-electron chi connectivity index (χ4n) is 3.77. The lowest BCUT2D eigenvalue weighted by atomic mass is 10.2. The molecule has 1 aromatic heterocycles. The number of carbonyl (C=O) groups excluding carboxylic acids is 2. The van der Waals surface area contributed by atoms with Crippen LogP contribution in [-0.4, -0.2) is 21.6 Å². The summed E-state index contributed by atoms with van der Waals surface area (Å²) in [6, 6.07) is 23.8. The van der Waals surface area contributed by atoms with Crippen LogP contribution >= 0.6 is 11.8 Å². The molecule has 158 valence electrons. The van der Waals surface area contributed by atoms with E-state index in [1.165, 1.54) is 11.8 Å². The van der Waals surface area contributed by atoms with Gasteiger partial charge < -0.3 is 5.32 Å². The second-order valence-corrected chi connectivity index (χ2v) is 9.06. The summed E-state index contributed by atoms with van der Waals surface area (Å²) in [5.74, 6) is 0.0940. The van der Waals surface area contributed by atoms with E-state index in [0.717, 1.165) is 45.2 Å². The lowest BCUT2D eigenvalue weighted by Gasteiger charge is -2.13. The highest BCUT2D eigenvalue weighted by Gasteiger charge is 2.21. The van der Waals surface area contributed by atoms with Gasteiger partial charge in [-0.1, -0.05) is 49.7 Å². The topological polar surface area (TPSA) is 51.1 Å². The van der Waals surface area contributed by atoms with E-state index in [1.807, 2.05) is 72.2 Å². The number of rotatable bonds is 7. The maximum absolute atomic E-state index is 13.4. The molecule has 0 saturated carbocycles. The highest BCUT2D eigenvalue weighted by Crippen LogP contribution is 2.32. The number of nitrogens with zero attached hydrogens (tertiary/aromatic N) is 1. The number of hydrogen-bond donors (Lipinski definition) is 1. The largest absolute Gasteiger partial charge is 0.326 e. The summed E-state index contributed by atoms with van der Waals surface area (Å²) in [5.41, 5.74) is 2.66. The fraction of sp³-hybridized carbons (Fsp3) is 0.231. The van der Waals surface area contributed by atoms with E-state index in [1.54, 1.807) is 0 Å². The van der Waals surface area contributed by atoms with Crippen molar-refractivity contribution in [3.63, 3.8) is 0 Å². The third-order valence-corrected chi connectivity index (χ3v) is 6.46. The number of para-hydroxylation sites is 2. The minimum Gasteiger partial charge on any atom is -0.326 e. The van der Waals surface area contributed by atoms with Crippen LogP contribution in [0.25, 0.3) is 21.8 Å². The summed E-state index contributed by atoms with van der Waals surface area (Å²) in [7, 11) is 0. The van der Waals surface area contributed by atoms with Crippen LogP contribution < -0.4 is 5.32 Å². The Bertz CT molecular complexity index is 1170. The Balaban J connectivity index is 1.52. The van der Waals surface area contributed by atoms with Crippen molar-refractivity contribution >= 4 is 51.1 Å². The van der Waals surface area contributed by atoms with Crippen molar-refractivity contribution in [1.29, 1.82) is 0 Å². The number of aromatic nitrogens is 1. The normalized spacial score (nSPS) is 12.2. The van der Waals surface area contributed by atoms with Crippen molar-refractivity contribution in [3.8, 4) is 0 Å². The zero-order chi connectivity index (χ0) is 21.8. The van der Waals surface area contributed by atoms with Crippen molar-refractivity contribution in [3.05, 3.63) is 72.8 Å². The van der Waals surface area contributed by atoms with Gasteiger partial charge in [-0.3, -0.25) is 14.2 Å². The van der Waals surface area contributed by atoms with Crippen molar-refractivity contribution in [2.24, 2.45) is 0 Å². The van der Waals surface area contributed by atoms with Gasteiger partial charge in [-0.05, 0) is 49.7 Å². The van der Waals surface area contributed by atoms with Gasteiger partial charge in [-0.15, -0.1) is 11.8 Å². The first-order chi connectivity index (χ1) is 15.1. The Hall–Kier alpha value is -3.05. The van der Waals surface area contributed by atoms with Gasteiger partial charge in [0.1, 0.15) is 0 Å². The molecule has 1 heterocycles. The average molecular weight is 431 g/mol. The maximum atomic E-state index is 13.4. The van der Waals surface area contributed by atoms with Crippen LogP contribution in [0.15, 0.2) is 77.7 Å². The molecule has 1 atom stereocenters. The molecular weight excluding hydrogens is 404 g/mol. The molecule has 5 heteroatoms. The maximum Gasteiger partial charge on any atom is 0.244 e. The van der Waals surface area contributed by atoms with Gasteiger partial charge in [0.05, 0.1) is 16.3 Å². The van der Waals surface area contributed by atoms with Crippen molar-refractivity contribution in [2.45, 2.75) is 43.3 Å². The van der Waals surface area contributed by atoms with Crippen LogP contribution in [0.5, 0.6) is 0 Å². The predicted octanol–water partition coefficient (Wildman–Crippen LogP) is 6.74.